The SMILES string of the molecule is CC(C)C(=O)Nc1nc2cccc(-c3ccc(C(=O)Cl)cc3)n2n1. The Morgan fingerprint density at radius 3 is 2.46 bits per heavy atom. The number of halogens is 1. The van der Waals surface area contributed by atoms with Crippen molar-refractivity contribution in [2.75, 3.05) is 5.32 Å². The van der Waals surface area contributed by atoms with Gasteiger partial charge in [0, 0.05) is 17.0 Å². The third-order valence-electron chi connectivity index (χ3n) is 3.53. The largest absolute Gasteiger partial charge is 0.293 e. The Balaban J connectivity index is 2.00. The number of nitrogens with zero attached hydrogens (tertiary/aromatic N) is 3. The summed E-state index contributed by atoms with van der Waals surface area (Å²) in [5.74, 6) is -0.0390. The second-order valence-electron chi connectivity index (χ2n) is 5.61. The molecule has 0 atom stereocenters. The van der Waals surface area contributed by atoms with Gasteiger partial charge in [0.1, 0.15) is 0 Å². The minimum Gasteiger partial charge on any atom is -0.293 e. The maximum Gasteiger partial charge on any atom is 0.252 e. The van der Waals surface area contributed by atoms with Crippen LogP contribution in [0.2, 0.25) is 0 Å². The average molecular weight is 343 g/mol. The fourth-order valence-corrected chi connectivity index (χ4v) is 2.33. The third-order valence-corrected chi connectivity index (χ3v) is 3.74. The highest BCUT2D eigenvalue weighted by Crippen LogP contribution is 2.22. The number of hydrogen-bond donors (Lipinski definition) is 1. The molecule has 0 unspecified atom stereocenters. The van der Waals surface area contributed by atoms with Crippen molar-refractivity contribution >= 4 is 34.3 Å². The van der Waals surface area contributed by atoms with E-state index in [4.69, 9.17) is 11.6 Å². The van der Waals surface area contributed by atoms with Crippen molar-refractivity contribution in [1.82, 2.24) is 14.6 Å². The maximum atomic E-state index is 11.8. The van der Waals surface area contributed by atoms with E-state index in [1.807, 2.05) is 12.1 Å². The van der Waals surface area contributed by atoms with Crippen LogP contribution >= 0.6 is 11.6 Å². The first-order valence-corrected chi connectivity index (χ1v) is 7.80. The van der Waals surface area contributed by atoms with Crippen LogP contribution in [0.4, 0.5) is 5.95 Å². The van der Waals surface area contributed by atoms with Gasteiger partial charge in [0.05, 0.1) is 5.69 Å². The smallest absolute Gasteiger partial charge is 0.252 e. The Bertz CT molecular complexity index is 916. The summed E-state index contributed by atoms with van der Waals surface area (Å²) in [4.78, 5) is 27.3. The number of nitrogens with one attached hydrogen (secondary N) is 1. The Morgan fingerprint density at radius 2 is 1.83 bits per heavy atom. The molecule has 0 aliphatic carbocycles. The molecular weight excluding hydrogens is 328 g/mol. The summed E-state index contributed by atoms with van der Waals surface area (Å²) in [6.07, 6.45) is 0. The molecule has 3 aromatic rings. The highest BCUT2D eigenvalue weighted by atomic mass is 35.5. The summed E-state index contributed by atoms with van der Waals surface area (Å²) in [7, 11) is 0. The van der Waals surface area contributed by atoms with Crippen LogP contribution in [0.15, 0.2) is 42.5 Å². The van der Waals surface area contributed by atoms with Crippen LogP contribution in [0, 0.1) is 5.92 Å². The van der Waals surface area contributed by atoms with Gasteiger partial charge in [-0.15, -0.1) is 5.10 Å². The van der Waals surface area contributed by atoms with Crippen molar-refractivity contribution in [1.29, 1.82) is 0 Å². The number of rotatable bonds is 4. The Labute approximate surface area is 143 Å². The summed E-state index contributed by atoms with van der Waals surface area (Å²) in [5.41, 5.74) is 2.69. The minimum atomic E-state index is -0.501. The molecule has 2 aromatic heterocycles. The average Bonchev–Trinajstić information content (AvgIpc) is 2.97. The predicted molar refractivity (Wildman–Crippen MR) is 92.1 cm³/mol. The fourth-order valence-electron chi connectivity index (χ4n) is 2.20. The van der Waals surface area contributed by atoms with E-state index < -0.39 is 5.24 Å². The van der Waals surface area contributed by atoms with Crippen molar-refractivity contribution in [3.8, 4) is 11.3 Å². The van der Waals surface area contributed by atoms with Crippen molar-refractivity contribution in [2.45, 2.75) is 13.8 Å². The van der Waals surface area contributed by atoms with Gasteiger partial charge < -0.3 is 0 Å². The van der Waals surface area contributed by atoms with Crippen molar-refractivity contribution < 1.29 is 9.59 Å². The van der Waals surface area contributed by atoms with E-state index in [-0.39, 0.29) is 17.8 Å². The number of carbonyl (C=O) groups excluding carboxylic acids is 2. The van der Waals surface area contributed by atoms with Gasteiger partial charge in [0.15, 0.2) is 5.65 Å². The maximum absolute atomic E-state index is 11.8. The first-order valence-electron chi connectivity index (χ1n) is 7.42. The zero-order valence-corrected chi connectivity index (χ0v) is 13.9. The first kappa shape index (κ1) is 16.1. The molecule has 1 amide bonds. The number of benzene rings is 1. The van der Waals surface area contributed by atoms with Crippen LogP contribution in [-0.4, -0.2) is 25.7 Å². The van der Waals surface area contributed by atoms with Crippen LogP contribution in [0.5, 0.6) is 0 Å². The highest BCUT2D eigenvalue weighted by Gasteiger charge is 2.13. The molecule has 2 heterocycles. The zero-order valence-electron chi connectivity index (χ0n) is 13.2. The first-order chi connectivity index (χ1) is 11.5. The van der Waals surface area contributed by atoms with Gasteiger partial charge in [-0.2, -0.15) is 4.98 Å². The molecular formula is C17H15ClN4O2. The summed E-state index contributed by atoms with van der Waals surface area (Å²) in [5, 5.41) is 6.54. The number of hydrogen-bond acceptors (Lipinski definition) is 4. The lowest BCUT2D eigenvalue weighted by molar-refractivity contribution is -0.118. The standard InChI is InChI=1S/C17H15ClN4O2/c1-10(2)16(24)20-17-19-14-5-3-4-13(22(14)21-17)11-6-8-12(9-7-11)15(18)23/h3-10H,1-2H3,(H,20,21,24). The molecule has 0 aliphatic rings. The number of carbonyl (C=O) groups is 2. The molecule has 0 fully saturated rings. The van der Waals surface area contributed by atoms with Gasteiger partial charge in [-0.25, -0.2) is 4.52 Å². The molecule has 0 radical (unpaired) electrons. The van der Waals surface area contributed by atoms with Crippen LogP contribution in [0.3, 0.4) is 0 Å². The second kappa shape index (κ2) is 6.41. The molecule has 6 nitrogen and oxygen atoms in total. The molecule has 0 saturated heterocycles. The van der Waals surface area contributed by atoms with Crippen LogP contribution in [0.25, 0.3) is 16.9 Å². The molecule has 122 valence electrons. The molecule has 0 saturated carbocycles. The normalized spacial score (nSPS) is 11.0. The number of pyridine rings is 1. The summed E-state index contributed by atoms with van der Waals surface area (Å²) < 4.78 is 1.65. The van der Waals surface area contributed by atoms with Crippen molar-refractivity contribution in [2.24, 2.45) is 5.92 Å². The third kappa shape index (κ3) is 3.14. The Hall–Kier alpha value is -2.73. The topological polar surface area (TPSA) is 76.4 Å². The molecule has 0 spiro atoms. The van der Waals surface area contributed by atoms with Gasteiger partial charge in [0.25, 0.3) is 5.24 Å². The van der Waals surface area contributed by atoms with Crippen LogP contribution in [-0.2, 0) is 4.79 Å². The molecule has 3 rings (SSSR count). The second-order valence-corrected chi connectivity index (χ2v) is 5.95. The van der Waals surface area contributed by atoms with Crippen molar-refractivity contribution in [3.05, 3.63) is 48.0 Å². The zero-order chi connectivity index (χ0) is 17.3. The Kier molecular flexibility index (Phi) is 4.31. The Morgan fingerprint density at radius 1 is 1.12 bits per heavy atom. The van der Waals surface area contributed by atoms with E-state index in [0.717, 1.165) is 11.3 Å². The number of anilines is 1. The molecule has 7 heteroatoms. The van der Waals surface area contributed by atoms with E-state index in [1.165, 1.54) is 0 Å². The number of fused-ring (bicyclic) bond motifs is 1. The van der Waals surface area contributed by atoms with E-state index in [9.17, 15) is 9.59 Å². The van der Waals surface area contributed by atoms with E-state index >= 15 is 0 Å². The van der Waals surface area contributed by atoms with Gasteiger partial charge in [-0.3, -0.25) is 14.9 Å². The van der Waals surface area contributed by atoms with E-state index in [0.29, 0.717) is 11.2 Å². The predicted octanol–water partition coefficient (Wildman–Crippen LogP) is 3.37. The monoisotopic (exact) mass is 342 g/mol. The lowest BCUT2D eigenvalue weighted by Gasteiger charge is -2.05. The molecule has 0 aliphatic heterocycles. The minimum absolute atomic E-state index is 0.141. The molecule has 1 N–H and O–H groups in total. The quantitative estimate of drug-likeness (QED) is 0.737. The van der Waals surface area contributed by atoms with Gasteiger partial charge in [-0.05, 0) is 35.9 Å². The summed E-state index contributed by atoms with van der Waals surface area (Å²) in [6, 6.07) is 12.4. The van der Waals surface area contributed by atoms with Crippen LogP contribution < -0.4 is 5.32 Å². The summed E-state index contributed by atoms with van der Waals surface area (Å²) >= 11 is 5.47. The molecule has 0 bridgehead atoms. The molecule has 1 aromatic carbocycles. The fraction of sp³-hybridized carbons (Fsp3) is 0.176. The van der Waals surface area contributed by atoms with E-state index in [2.05, 4.69) is 15.4 Å². The van der Waals surface area contributed by atoms with Crippen molar-refractivity contribution in [3.63, 3.8) is 0 Å². The van der Waals surface area contributed by atoms with Gasteiger partial charge in [0.2, 0.25) is 11.9 Å². The lowest BCUT2D eigenvalue weighted by Crippen LogP contribution is -2.18. The van der Waals surface area contributed by atoms with E-state index in [1.54, 1.807) is 48.7 Å². The molecule has 24 heavy (non-hydrogen) atoms. The highest BCUT2D eigenvalue weighted by molar-refractivity contribution is 6.67. The van der Waals surface area contributed by atoms with Gasteiger partial charge in [-0.1, -0.05) is 32.0 Å². The van der Waals surface area contributed by atoms with Gasteiger partial charge >= 0.3 is 0 Å². The summed E-state index contributed by atoms with van der Waals surface area (Å²) in [6.45, 7) is 3.60. The van der Waals surface area contributed by atoms with Crippen LogP contribution in [0.1, 0.15) is 24.2 Å². The number of aromatic nitrogens is 3. The number of amides is 1. The lowest BCUT2D eigenvalue weighted by atomic mass is 10.1.